The van der Waals surface area contributed by atoms with Gasteiger partial charge in [-0.3, -0.25) is 4.79 Å². The third-order valence-corrected chi connectivity index (χ3v) is 3.61. The summed E-state index contributed by atoms with van der Waals surface area (Å²) >= 11 is 0. The van der Waals surface area contributed by atoms with Gasteiger partial charge in [0.1, 0.15) is 12.7 Å². The molecule has 130 valence electrons. The number of amides is 1. The van der Waals surface area contributed by atoms with Crippen molar-refractivity contribution in [2.45, 2.75) is 12.8 Å². The fraction of sp³-hybridized carbons (Fsp3) is 0.118. The minimum absolute atomic E-state index is 0.142. The van der Waals surface area contributed by atoms with Crippen LogP contribution in [0.15, 0.2) is 64.3 Å². The SMILES string of the molecule is O=C(CCc1nc(-c2ccco2)no1)Nc1ccc(-n2cncn2)cc1. The van der Waals surface area contributed by atoms with Gasteiger partial charge < -0.3 is 14.3 Å². The van der Waals surface area contributed by atoms with Gasteiger partial charge in [-0.1, -0.05) is 5.16 Å². The van der Waals surface area contributed by atoms with Crippen molar-refractivity contribution >= 4 is 11.6 Å². The molecule has 0 unspecified atom stereocenters. The number of hydrogen-bond acceptors (Lipinski definition) is 7. The summed E-state index contributed by atoms with van der Waals surface area (Å²) in [7, 11) is 0. The Kier molecular flexibility index (Phi) is 4.25. The lowest BCUT2D eigenvalue weighted by Crippen LogP contribution is -2.12. The molecule has 4 rings (SSSR count). The zero-order valence-corrected chi connectivity index (χ0v) is 13.6. The van der Waals surface area contributed by atoms with Gasteiger partial charge in [0.05, 0.1) is 12.0 Å². The number of nitrogens with one attached hydrogen (secondary N) is 1. The highest BCUT2D eigenvalue weighted by atomic mass is 16.5. The standard InChI is InChI=1S/C17H14N6O3/c24-15(7-8-16-21-17(22-26-16)14-2-1-9-25-14)20-12-3-5-13(6-4-12)23-11-18-10-19-23/h1-6,9-11H,7-8H2,(H,20,24). The fourth-order valence-corrected chi connectivity index (χ4v) is 2.35. The molecular formula is C17H14N6O3. The fourth-order valence-electron chi connectivity index (χ4n) is 2.35. The van der Waals surface area contributed by atoms with Crippen molar-refractivity contribution < 1.29 is 13.7 Å². The maximum Gasteiger partial charge on any atom is 0.238 e. The van der Waals surface area contributed by atoms with Gasteiger partial charge in [-0.2, -0.15) is 10.1 Å². The van der Waals surface area contributed by atoms with E-state index in [1.165, 1.54) is 12.6 Å². The second-order valence-corrected chi connectivity index (χ2v) is 5.42. The normalized spacial score (nSPS) is 10.8. The van der Waals surface area contributed by atoms with Gasteiger partial charge in [-0.15, -0.1) is 0 Å². The number of aryl methyl sites for hydroxylation is 1. The van der Waals surface area contributed by atoms with Crippen LogP contribution in [0.4, 0.5) is 5.69 Å². The Morgan fingerprint density at radius 2 is 2.08 bits per heavy atom. The average molecular weight is 350 g/mol. The summed E-state index contributed by atoms with van der Waals surface area (Å²) in [4.78, 5) is 20.2. The van der Waals surface area contributed by atoms with Crippen LogP contribution >= 0.6 is 0 Å². The zero-order valence-electron chi connectivity index (χ0n) is 13.6. The molecule has 0 atom stereocenters. The van der Waals surface area contributed by atoms with Gasteiger partial charge in [-0.05, 0) is 36.4 Å². The number of anilines is 1. The number of furan rings is 1. The predicted molar refractivity (Wildman–Crippen MR) is 90.3 cm³/mol. The van der Waals surface area contributed by atoms with Gasteiger partial charge >= 0.3 is 0 Å². The Morgan fingerprint density at radius 3 is 2.81 bits per heavy atom. The summed E-state index contributed by atoms with van der Waals surface area (Å²) < 4.78 is 12.0. The minimum atomic E-state index is -0.142. The van der Waals surface area contributed by atoms with E-state index in [9.17, 15) is 4.79 Å². The summed E-state index contributed by atoms with van der Waals surface area (Å²) in [6.45, 7) is 0. The van der Waals surface area contributed by atoms with E-state index in [2.05, 4.69) is 25.5 Å². The number of carbonyl (C=O) groups is 1. The highest BCUT2D eigenvalue weighted by Crippen LogP contribution is 2.17. The molecule has 1 aromatic carbocycles. The highest BCUT2D eigenvalue weighted by molar-refractivity contribution is 5.90. The lowest BCUT2D eigenvalue weighted by atomic mass is 10.2. The van der Waals surface area contributed by atoms with Crippen LogP contribution in [-0.4, -0.2) is 30.8 Å². The number of carbonyl (C=O) groups excluding carboxylic acids is 1. The quantitative estimate of drug-likeness (QED) is 0.568. The molecule has 3 aromatic heterocycles. The molecule has 9 nitrogen and oxygen atoms in total. The molecule has 0 radical (unpaired) electrons. The molecule has 4 aromatic rings. The maximum absolute atomic E-state index is 12.1. The molecule has 0 aliphatic heterocycles. The molecule has 0 saturated carbocycles. The Hall–Kier alpha value is -3.75. The van der Waals surface area contributed by atoms with Gasteiger partial charge in [0.25, 0.3) is 0 Å². The van der Waals surface area contributed by atoms with E-state index in [-0.39, 0.29) is 12.3 Å². The Morgan fingerprint density at radius 1 is 1.19 bits per heavy atom. The van der Waals surface area contributed by atoms with Gasteiger partial charge in [0, 0.05) is 18.5 Å². The zero-order chi connectivity index (χ0) is 17.8. The van der Waals surface area contributed by atoms with Gasteiger partial charge in [0.15, 0.2) is 5.76 Å². The van der Waals surface area contributed by atoms with E-state index in [1.54, 1.807) is 35.3 Å². The van der Waals surface area contributed by atoms with Crippen LogP contribution in [0.2, 0.25) is 0 Å². The Balaban J connectivity index is 1.31. The number of aromatic nitrogens is 5. The molecular weight excluding hydrogens is 336 g/mol. The van der Waals surface area contributed by atoms with Crippen LogP contribution in [0.1, 0.15) is 12.3 Å². The largest absolute Gasteiger partial charge is 0.461 e. The summed E-state index contributed by atoms with van der Waals surface area (Å²) in [6.07, 6.45) is 5.17. The van der Waals surface area contributed by atoms with Crippen molar-refractivity contribution in [2.75, 3.05) is 5.32 Å². The third-order valence-electron chi connectivity index (χ3n) is 3.61. The van der Waals surface area contributed by atoms with Crippen molar-refractivity contribution in [2.24, 2.45) is 0 Å². The lowest BCUT2D eigenvalue weighted by molar-refractivity contribution is -0.116. The van der Waals surface area contributed by atoms with Crippen LogP contribution in [0.5, 0.6) is 0 Å². The van der Waals surface area contributed by atoms with E-state index in [1.807, 2.05) is 12.1 Å². The van der Waals surface area contributed by atoms with Crippen molar-refractivity contribution in [3.05, 3.63) is 61.2 Å². The first-order chi connectivity index (χ1) is 12.8. The topological polar surface area (TPSA) is 112 Å². The van der Waals surface area contributed by atoms with Crippen LogP contribution in [0, 0.1) is 0 Å². The van der Waals surface area contributed by atoms with E-state index < -0.39 is 0 Å². The predicted octanol–water partition coefficient (Wildman–Crippen LogP) is 2.48. The van der Waals surface area contributed by atoms with E-state index in [0.29, 0.717) is 29.6 Å². The summed E-state index contributed by atoms with van der Waals surface area (Å²) in [5.41, 5.74) is 1.55. The first-order valence-corrected chi connectivity index (χ1v) is 7.89. The van der Waals surface area contributed by atoms with Crippen LogP contribution < -0.4 is 5.32 Å². The molecule has 3 heterocycles. The molecule has 0 spiro atoms. The average Bonchev–Trinajstić information content (AvgIpc) is 3.42. The molecule has 26 heavy (non-hydrogen) atoms. The van der Waals surface area contributed by atoms with Crippen molar-refractivity contribution in [1.29, 1.82) is 0 Å². The molecule has 1 N–H and O–H groups in total. The Bertz CT molecular complexity index is 974. The molecule has 9 heteroatoms. The Labute approximate surface area is 147 Å². The lowest BCUT2D eigenvalue weighted by Gasteiger charge is -2.05. The first kappa shape index (κ1) is 15.8. The number of hydrogen-bond donors (Lipinski definition) is 1. The number of nitrogens with zero attached hydrogens (tertiary/aromatic N) is 5. The number of rotatable bonds is 6. The maximum atomic E-state index is 12.1. The highest BCUT2D eigenvalue weighted by Gasteiger charge is 2.12. The second kappa shape index (κ2) is 7.01. The summed E-state index contributed by atoms with van der Waals surface area (Å²) in [5.74, 6) is 1.13. The van der Waals surface area contributed by atoms with Gasteiger partial charge in [0.2, 0.25) is 17.6 Å². The van der Waals surface area contributed by atoms with Crippen LogP contribution in [0.25, 0.3) is 17.3 Å². The summed E-state index contributed by atoms with van der Waals surface area (Å²) in [6, 6.07) is 10.8. The van der Waals surface area contributed by atoms with Crippen molar-refractivity contribution in [1.82, 2.24) is 24.9 Å². The molecule has 0 bridgehead atoms. The number of benzene rings is 1. The molecule has 0 fully saturated rings. The van der Waals surface area contributed by atoms with Crippen molar-refractivity contribution in [3.63, 3.8) is 0 Å². The first-order valence-electron chi connectivity index (χ1n) is 7.89. The van der Waals surface area contributed by atoms with Gasteiger partial charge in [-0.25, -0.2) is 9.67 Å². The smallest absolute Gasteiger partial charge is 0.238 e. The van der Waals surface area contributed by atoms with E-state index in [4.69, 9.17) is 8.94 Å². The van der Waals surface area contributed by atoms with Crippen molar-refractivity contribution in [3.8, 4) is 17.3 Å². The van der Waals surface area contributed by atoms with E-state index >= 15 is 0 Å². The molecule has 0 aliphatic carbocycles. The van der Waals surface area contributed by atoms with E-state index in [0.717, 1.165) is 5.69 Å². The van der Waals surface area contributed by atoms with Crippen LogP contribution in [0.3, 0.4) is 0 Å². The van der Waals surface area contributed by atoms with Crippen LogP contribution in [-0.2, 0) is 11.2 Å². The summed E-state index contributed by atoms with van der Waals surface area (Å²) in [5, 5.41) is 10.7. The molecule has 0 aliphatic rings. The monoisotopic (exact) mass is 350 g/mol. The molecule has 1 amide bonds. The molecule has 0 saturated heterocycles. The third kappa shape index (κ3) is 3.51. The second-order valence-electron chi connectivity index (χ2n) is 5.42. The minimum Gasteiger partial charge on any atom is -0.461 e.